The van der Waals surface area contributed by atoms with Crippen LogP contribution in [0.25, 0.3) is 105 Å². The highest BCUT2D eigenvalue weighted by Crippen LogP contribution is 2.40. The van der Waals surface area contributed by atoms with E-state index in [0.29, 0.717) is 17.5 Å². The van der Waals surface area contributed by atoms with Crippen molar-refractivity contribution in [3.8, 4) is 62.1 Å². The number of fused-ring (bicyclic) bond motifs is 6. The maximum Gasteiger partial charge on any atom is 0.164 e. The molecule has 11 aromatic rings. The molecule has 0 N–H and O–H groups in total. The molecule has 2 aromatic heterocycles. The summed E-state index contributed by atoms with van der Waals surface area (Å²) in [7, 11) is 0. The molecular formula is C53H34N4. The largest absolute Gasteiger partial charge is 0.309 e. The molecule has 0 saturated carbocycles. The lowest BCUT2D eigenvalue weighted by atomic mass is 9.90. The van der Waals surface area contributed by atoms with E-state index in [0.717, 1.165) is 39.1 Å². The van der Waals surface area contributed by atoms with E-state index in [-0.39, 0.29) is 0 Å². The molecule has 11 rings (SSSR count). The van der Waals surface area contributed by atoms with Gasteiger partial charge in [-0.3, -0.25) is 0 Å². The predicted molar refractivity (Wildman–Crippen MR) is 236 cm³/mol. The number of para-hydroxylation sites is 2. The van der Waals surface area contributed by atoms with E-state index in [1.54, 1.807) is 0 Å². The van der Waals surface area contributed by atoms with Crippen molar-refractivity contribution in [3.05, 3.63) is 206 Å². The van der Waals surface area contributed by atoms with Crippen molar-refractivity contribution >= 4 is 43.4 Å². The molecule has 9 aromatic carbocycles. The molecule has 0 atom stereocenters. The number of rotatable bonds is 6. The molecule has 0 saturated heterocycles. The third kappa shape index (κ3) is 5.66. The number of aromatic nitrogens is 4. The lowest BCUT2D eigenvalue weighted by molar-refractivity contribution is 1.07. The molecule has 0 spiro atoms. The van der Waals surface area contributed by atoms with Crippen LogP contribution in [0.5, 0.6) is 0 Å². The van der Waals surface area contributed by atoms with Crippen LogP contribution >= 0.6 is 0 Å². The van der Waals surface area contributed by atoms with Gasteiger partial charge in [-0.1, -0.05) is 152 Å². The van der Waals surface area contributed by atoms with Crippen molar-refractivity contribution in [2.75, 3.05) is 0 Å². The molecule has 0 radical (unpaired) electrons. The van der Waals surface area contributed by atoms with Gasteiger partial charge in [0.25, 0.3) is 0 Å². The fourth-order valence-corrected chi connectivity index (χ4v) is 8.36. The summed E-state index contributed by atoms with van der Waals surface area (Å²) in [5.74, 6) is 1.88. The molecule has 0 aliphatic carbocycles. The molecule has 2 heterocycles. The molecule has 4 heteroatoms. The Balaban J connectivity index is 1.08. The van der Waals surface area contributed by atoms with Crippen molar-refractivity contribution in [2.24, 2.45) is 0 Å². The van der Waals surface area contributed by atoms with Crippen LogP contribution in [-0.4, -0.2) is 19.5 Å². The van der Waals surface area contributed by atoms with Crippen LogP contribution in [0.2, 0.25) is 0 Å². The molecule has 0 aliphatic heterocycles. The van der Waals surface area contributed by atoms with E-state index >= 15 is 0 Å². The summed E-state index contributed by atoms with van der Waals surface area (Å²) in [5.41, 5.74) is 10.7. The van der Waals surface area contributed by atoms with Crippen LogP contribution < -0.4 is 0 Å². The van der Waals surface area contributed by atoms with Crippen LogP contribution in [0, 0.1) is 0 Å². The number of hydrogen-bond acceptors (Lipinski definition) is 3. The minimum Gasteiger partial charge on any atom is -0.309 e. The second-order valence-electron chi connectivity index (χ2n) is 14.4. The van der Waals surface area contributed by atoms with E-state index in [9.17, 15) is 0 Å². The molecule has 0 bridgehead atoms. The summed E-state index contributed by atoms with van der Waals surface area (Å²) in [6.45, 7) is 0. The minimum absolute atomic E-state index is 0.622. The lowest BCUT2D eigenvalue weighted by Crippen LogP contribution is -2.01. The van der Waals surface area contributed by atoms with Gasteiger partial charge in [0, 0.05) is 33.2 Å². The summed E-state index contributed by atoms with van der Waals surface area (Å²) >= 11 is 0. The first kappa shape index (κ1) is 32.7. The van der Waals surface area contributed by atoms with Crippen molar-refractivity contribution in [1.82, 2.24) is 19.5 Å². The third-order valence-electron chi connectivity index (χ3n) is 11.1. The normalized spacial score (nSPS) is 11.5. The number of benzene rings is 9. The Morgan fingerprint density at radius 3 is 1.44 bits per heavy atom. The first-order valence-electron chi connectivity index (χ1n) is 19.3. The Bertz CT molecular complexity index is 3220. The summed E-state index contributed by atoms with van der Waals surface area (Å²) in [4.78, 5) is 15.5. The number of hydrogen-bond donors (Lipinski definition) is 0. The van der Waals surface area contributed by atoms with Crippen LogP contribution in [0.1, 0.15) is 0 Å². The van der Waals surface area contributed by atoms with Gasteiger partial charge in [0.1, 0.15) is 0 Å². The van der Waals surface area contributed by atoms with E-state index < -0.39 is 0 Å². The Kier molecular flexibility index (Phi) is 7.78. The molecule has 0 unspecified atom stereocenters. The summed E-state index contributed by atoms with van der Waals surface area (Å²) in [6.07, 6.45) is 0. The van der Waals surface area contributed by atoms with Crippen molar-refractivity contribution in [2.45, 2.75) is 0 Å². The SMILES string of the molecule is c1ccc(-c2nc(-c3ccc(-n4c5ccccc5c5ccccc54)cc3)nc(-c3ccc(-c4cc5ccccc5c5ccccc45)cc3-c3ccccc3)n2)cc1. The molecule has 266 valence electrons. The summed E-state index contributed by atoms with van der Waals surface area (Å²) in [5, 5.41) is 7.42. The fraction of sp³-hybridized carbons (Fsp3) is 0. The first-order valence-corrected chi connectivity index (χ1v) is 19.3. The van der Waals surface area contributed by atoms with Gasteiger partial charge in [-0.05, 0) is 98.4 Å². The molecule has 57 heavy (non-hydrogen) atoms. The molecule has 0 amide bonds. The maximum absolute atomic E-state index is 5.24. The van der Waals surface area contributed by atoms with Crippen molar-refractivity contribution < 1.29 is 0 Å². The van der Waals surface area contributed by atoms with Gasteiger partial charge in [0.15, 0.2) is 17.5 Å². The molecule has 0 fully saturated rings. The third-order valence-corrected chi connectivity index (χ3v) is 11.1. The Morgan fingerprint density at radius 1 is 0.281 bits per heavy atom. The van der Waals surface area contributed by atoms with Crippen LogP contribution in [0.3, 0.4) is 0 Å². The zero-order valence-corrected chi connectivity index (χ0v) is 30.9. The van der Waals surface area contributed by atoms with Gasteiger partial charge in [0.05, 0.1) is 11.0 Å². The van der Waals surface area contributed by atoms with Crippen molar-refractivity contribution in [3.63, 3.8) is 0 Å². The lowest BCUT2D eigenvalue weighted by Gasteiger charge is -2.16. The first-order chi connectivity index (χ1) is 28.3. The Hall–Kier alpha value is -7.69. The van der Waals surface area contributed by atoms with E-state index in [1.165, 1.54) is 48.9 Å². The standard InChI is InChI=1S/C53H34N4/c1-3-15-35(16-4-1)47-34-39(48-33-38-19-7-8-20-41(38)42-21-9-10-22-43(42)48)29-32-46(47)53-55-51(36-17-5-2-6-18-36)54-52(56-53)37-27-30-40(31-28-37)57-49-25-13-11-23-44(49)45-24-12-14-26-50(45)57/h1-34H. The highest BCUT2D eigenvalue weighted by atomic mass is 15.0. The average molecular weight is 727 g/mol. The minimum atomic E-state index is 0.622. The second-order valence-corrected chi connectivity index (χ2v) is 14.4. The van der Waals surface area contributed by atoms with Crippen LogP contribution in [-0.2, 0) is 0 Å². The monoisotopic (exact) mass is 726 g/mol. The van der Waals surface area contributed by atoms with E-state index in [4.69, 9.17) is 15.0 Å². The summed E-state index contributed by atoms with van der Waals surface area (Å²) < 4.78 is 2.33. The van der Waals surface area contributed by atoms with E-state index in [1.807, 2.05) is 18.2 Å². The Labute approximate surface area is 330 Å². The smallest absolute Gasteiger partial charge is 0.164 e. The van der Waals surface area contributed by atoms with Gasteiger partial charge in [0.2, 0.25) is 0 Å². The van der Waals surface area contributed by atoms with Gasteiger partial charge in [-0.25, -0.2) is 15.0 Å². The molecule has 0 aliphatic rings. The maximum atomic E-state index is 5.24. The van der Waals surface area contributed by atoms with Gasteiger partial charge in [-0.15, -0.1) is 0 Å². The van der Waals surface area contributed by atoms with Gasteiger partial charge < -0.3 is 4.57 Å². The zero-order chi connectivity index (χ0) is 37.7. The quantitative estimate of drug-likeness (QED) is 0.160. The molecule has 4 nitrogen and oxygen atoms in total. The summed E-state index contributed by atoms with van der Waals surface area (Å²) in [6, 6.07) is 72.8. The highest BCUT2D eigenvalue weighted by molar-refractivity contribution is 6.14. The molecular weight excluding hydrogens is 693 g/mol. The average Bonchev–Trinajstić information content (AvgIpc) is 3.63. The zero-order valence-electron chi connectivity index (χ0n) is 30.9. The Morgan fingerprint density at radius 2 is 0.772 bits per heavy atom. The highest BCUT2D eigenvalue weighted by Gasteiger charge is 2.19. The fourth-order valence-electron chi connectivity index (χ4n) is 8.36. The van der Waals surface area contributed by atoms with Gasteiger partial charge in [-0.2, -0.15) is 0 Å². The van der Waals surface area contributed by atoms with Crippen molar-refractivity contribution in [1.29, 1.82) is 0 Å². The van der Waals surface area contributed by atoms with Crippen LogP contribution in [0.15, 0.2) is 206 Å². The number of nitrogens with zero attached hydrogens (tertiary/aromatic N) is 4. The predicted octanol–water partition coefficient (Wildman–Crippen LogP) is 13.6. The van der Waals surface area contributed by atoms with Crippen LogP contribution in [0.4, 0.5) is 0 Å². The van der Waals surface area contributed by atoms with Gasteiger partial charge >= 0.3 is 0 Å². The van der Waals surface area contributed by atoms with E-state index in [2.05, 4.69) is 193 Å². The second kappa shape index (κ2) is 13.6. The topological polar surface area (TPSA) is 43.6 Å².